The molecule has 0 aromatic heterocycles. The van der Waals surface area contributed by atoms with Crippen LogP contribution in [0.3, 0.4) is 0 Å². The molecule has 0 heterocycles. The highest BCUT2D eigenvalue weighted by Gasteiger charge is 2.28. The molecule has 2 aromatic rings. The van der Waals surface area contributed by atoms with E-state index in [4.69, 9.17) is 4.74 Å². The highest BCUT2D eigenvalue weighted by molar-refractivity contribution is 5.88. The lowest BCUT2D eigenvalue weighted by Crippen LogP contribution is -2.50. The summed E-state index contributed by atoms with van der Waals surface area (Å²) in [6, 6.07) is 15.1. The first-order valence-corrected chi connectivity index (χ1v) is 10.6. The summed E-state index contributed by atoms with van der Waals surface area (Å²) < 4.78 is 5.23. The lowest BCUT2D eigenvalue weighted by molar-refractivity contribution is -0.141. The number of amides is 2. The molecule has 0 radical (unpaired) electrons. The first-order chi connectivity index (χ1) is 14.3. The molecule has 162 valence electrons. The smallest absolute Gasteiger partial charge is 0.242 e. The van der Waals surface area contributed by atoms with Crippen LogP contribution in [0.25, 0.3) is 0 Å². The molecule has 0 aliphatic rings. The van der Waals surface area contributed by atoms with Crippen LogP contribution in [0.2, 0.25) is 0 Å². The van der Waals surface area contributed by atoms with E-state index in [9.17, 15) is 9.59 Å². The van der Waals surface area contributed by atoms with Crippen molar-refractivity contribution in [1.29, 1.82) is 0 Å². The van der Waals surface area contributed by atoms with Crippen LogP contribution in [0, 0.1) is 12.8 Å². The fourth-order valence-electron chi connectivity index (χ4n) is 3.25. The summed E-state index contributed by atoms with van der Waals surface area (Å²) in [7, 11) is 1.62. The maximum atomic E-state index is 13.3. The highest BCUT2D eigenvalue weighted by Crippen LogP contribution is 2.18. The normalized spacial score (nSPS) is 11.8. The van der Waals surface area contributed by atoms with Crippen LogP contribution in [0.15, 0.2) is 48.5 Å². The maximum Gasteiger partial charge on any atom is 0.242 e. The van der Waals surface area contributed by atoms with Gasteiger partial charge in [-0.2, -0.15) is 0 Å². The SMILES string of the molecule is CCC(C(=O)NCC(C)C)N(Cc1ccc(OC)cc1)C(=O)Cc1ccc(C)cc1. The number of hydrogen-bond acceptors (Lipinski definition) is 3. The molecule has 2 aromatic carbocycles. The first-order valence-electron chi connectivity index (χ1n) is 10.6. The third-order valence-corrected chi connectivity index (χ3v) is 5.06. The van der Waals surface area contributed by atoms with Crippen LogP contribution in [0.5, 0.6) is 5.75 Å². The Bertz CT molecular complexity index is 813. The van der Waals surface area contributed by atoms with Crippen molar-refractivity contribution in [1.82, 2.24) is 10.2 Å². The second kappa shape index (κ2) is 11.4. The van der Waals surface area contributed by atoms with Gasteiger partial charge in [-0.15, -0.1) is 0 Å². The Labute approximate surface area is 180 Å². The van der Waals surface area contributed by atoms with Crippen LogP contribution in [0.4, 0.5) is 0 Å². The number of nitrogens with zero attached hydrogens (tertiary/aromatic N) is 1. The van der Waals surface area contributed by atoms with Crippen molar-refractivity contribution in [2.75, 3.05) is 13.7 Å². The number of hydrogen-bond donors (Lipinski definition) is 1. The van der Waals surface area contributed by atoms with Crippen LogP contribution < -0.4 is 10.1 Å². The third kappa shape index (κ3) is 6.90. The number of ether oxygens (including phenoxy) is 1. The number of carbonyl (C=O) groups is 2. The van der Waals surface area contributed by atoms with E-state index >= 15 is 0 Å². The second-order valence-electron chi connectivity index (χ2n) is 8.10. The van der Waals surface area contributed by atoms with E-state index in [-0.39, 0.29) is 18.2 Å². The predicted octanol–water partition coefficient (Wildman–Crippen LogP) is 4.13. The molecule has 0 aliphatic carbocycles. The van der Waals surface area contributed by atoms with Gasteiger partial charge in [-0.25, -0.2) is 0 Å². The van der Waals surface area contributed by atoms with Crippen LogP contribution >= 0.6 is 0 Å². The zero-order valence-corrected chi connectivity index (χ0v) is 18.8. The Balaban J connectivity index is 2.25. The highest BCUT2D eigenvalue weighted by atomic mass is 16.5. The lowest BCUT2D eigenvalue weighted by Gasteiger charge is -2.31. The van der Waals surface area contributed by atoms with Crippen molar-refractivity contribution in [3.8, 4) is 5.75 Å². The quantitative estimate of drug-likeness (QED) is 0.641. The monoisotopic (exact) mass is 410 g/mol. The Hall–Kier alpha value is -2.82. The van der Waals surface area contributed by atoms with Crippen molar-refractivity contribution < 1.29 is 14.3 Å². The number of benzene rings is 2. The molecule has 0 spiro atoms. The maximum absolute atomic E-state index is 13.3. The fraction of sp³-hybridized carbons (Fsp3) is 0.440. The van der Waals surface area contributed by atoms with E-state index in [1.807, 2.05) is 62.4 Å². The molecule has 0 aliphatic heterocycles. The lowest BCUT2D eigenvalue weighted by atomic mass is 10.1. The Kier molecular flexibility index (Phi) is 8.90. The molecule has 30 heavy (non-hydrogen) atoms. The number of rotatable bonds is 10. The molecule has 1 atom stereocenters. The Morgan fingerprint density at radius 3 is 2.13 bits per heavy atom. The summed E-state index contributed by atoms with van der Waals surface area (Å²) >= 11 is 0. The minimum atomic E-state index is -0.510. The summed E-state index contributed by atoms with van der Waals surface area (Å²) in [6.07, 6.45) is 0.824. The van der Waals surface area contributed by atoms with Gasteiger partial charge in [0.05, 0.1) is 13.5 Å². The van der Waals surface area contributed by atoms with Gasteiger partial charge in [-0.3, -0.25) is 9.59 Å². The van der Waals surface area contributed by atoms with Gasteiger partial charge in [0.1, 0.15) is 11.8 Å². The summed E-state index contributed by atoms with van der Waals surface area (Å²) in [5.41, 5.74) is 3.06. The minimum Gasteiger partial charge on any atom is -0.497 e. The van der Waals surface area contributed by atoms with Gasteiger partial charge < -0.3 is 15.0 Å². The molecule has 5 nitrogen and oxygen atoms in total. The number of carbonyl (C=O) groups excluding carboxylic acids is 2. The van der Waals surface area contributed by atoms with Gasteiger partial charge in [0.2, 0.25) is 11.8 Å². The van der Waals surface area contributed by atoms with Gasteiger partial charge in [0, 0.05) is 13.1 Å². The van der Waals surface area contributed by atoms with E-state index in [0.29, 0.717) is 25.4 Å². The molecule has 0 fully saturated rings. The average Bonchev–Trinajstić information content (AvgIpc) is 2.74. The molecule has 2 rings (SSSR count). The van der Waals surface area contributed by atoms with Gasteiger partial charge in [-0.1, -0.05) is 62.7 Å². The van der Waals surface area contributed by atoms with Crippen LogP contribution in [-0.2, 0) is 22.6 Å². The fourth-order valence-corrected chi connectivity index (χ4v) is 3.25. The van der Waals surface area contributed by atoms with Crippen molar-refractivity contribution in [3.63, 3.8) is 0 Å². The second-order valence-corrected chi connectivity index (χ2v) is 8.10. The van der Waals surface area contributed by atoms with Gasteiger partial charge in [-0.05, 0) is 42.5 Å². The molecular formula is C25H34N2O3. The molecule has 2 amide bonds. The molecule has 0 bridgehead atoms. The van der Waals surface area contributed by atoms with Crippen molar-refractivity contribution >= 4 is 11.8 Å². The van der Waals surface area contributed by atoms with E-state index in [1.165, 1.54) is 0 Å². The largest absolute Gasteiger partial charge is 0.497 e. The Morgan fingerprint density at radius 2 is 1.60 bits per heavy atom. The zero-order valence-electron chi connectivity index (χ0n) is 18.8. The van der Waals surface area contributed by atoms with E-state index in [2.05, 4.69) is 19.2 Å². The predicted molar refractivity (Wildman–Crippen MR) is 120 cm³/mol. The number of nitrogens with one attached hydrogen (secondary N) is 1. The van der Waals surface area contributed by atoms with Gasteiger partial charge >= 0.3 is 0 Å². The number of aryl methyl sites for hydroxylation is 1. The molecule has 1 N–H and O–H groups in total. The molecule has 0 saturated heterocycles. The van der Waals surface area contributed by atoms with Crippen molar-refractivity contribution in [3.05, 3.63) is 65.2 Å². The molecular weight excluding hydrogens is 376 g/mol. The summed E-state index contributed by atoms with van der Waals surface area (Å²) in [5.74, 6) is 0.959. The van der Waals surface area contributed by atoms with Crippen LogP contribution in [0.1, 0.15) is 43.9 Å². The molecule has 0 saturated carbocycles. The topological polar surface area (TPSA) is 58.6 Å². The minimum absolute atomic E-state index is 0.0544. The van der Waals surface area contributed by atoms with Crippen molar-refractivity contribution in [2.24, 2.45) is 5.92 Å². The van der Waals surface area contributed by atoms with Gasteiger partial charge in [0.25, 0.3) is 0 Å². The van der Waals surface area contributed by atoms with E-state index < -0.39 is 6.04 Å². The van der Waals surface area contributed by atoms with E-state index in [1.54, 1.807) is 12.0 Å². The summed E-state index contributed by atoms with van der Waals surface area (Å²) in [5, 5.41) is 2.99. The molecule has 5 heteroatoms. The first kappa shape index (κ1) is 23.5. The number of methoxy groups -OCH3 is 1. The average molecular weight is 411 g/mol. The van der Waals surface area contributed by atoms with Gasteiger partial charge in [0.15, 0.2) is 0 Å². The molecule has 1 unspecified atom stereocenters. The third-order valence-electron chi connectivity index (χ3n) is 5.06. The summed E-state index contributed by atoms with van der Waals surface area (Å²) in [4.78, 5) is 27.9. The van der Waals surface area contributed by atoms with Crippen LogP contribution in [-0.4, -0.2) is 36.4 Å². The standard InChI is InChI=1S/C25H34N2O3/c1-6-23(25(29)26-16-18(2)3)27(17-21-11-13-22(30-5)14-12-21)24(28)15-20-9-7-19(4)8-10-20/h7-14,18,23H,6,15-17H2,1-5H3,(H,26,29). The zero-order chi connectivity index (χ0) is 22.1. The van der Waals surface area contributed by atoms with E-state index in [0.717, 1.165) is 22.4 Å². The Morgan fingerprint density at radius 1 is 1.00 bits per heavy atom. The summed E-state index contributed by atoms with van der Waals surface area (Å²) in [6.45, 7) is 9.05. The van der Waals surface area contributed by atoms with Crippen molar-refractivity contribution in [2.45, 2.75) is 53.1 Å².